The molecular weight excluding hydrogens is 278 g/mol. The summed E-state index contributed by atoms with van der Waals surface area (Å²) in [6, 6.07) is 2.19. The molecule has 7 heteroatoms. The van der Waals surface area contributed by atoms with Crippen molar-refractivity contribution in [2.24, 2.45) is 7.05 Å². The van der Waals surface area contributed by atoms with Gasteiger partial charge in [0, 0.05) is 52.2 Å². The molecule has 0 atom stereocenters. The molecule has 4 rings (SSSR count). The van der Waals surface area contributed by atoms with E-state index in [1.54, 1.807) is 12.5 Å². The fourth-order valence-electron chi connectivity index (χ4n) is 3.00. The number of nitrogens with zero attached hydrogens (tertiary/aromatic N) is 7. The van der Waals surface area contributed by atoms with E-state index in [1.807, 2.05) is 10.7 Å². The van der Waals surface area contributed by atoms with Gasteiger partial charge in [0.2, 0.25) is 0 Å². The number of hydrogen-bond acceptors (Lipinski definition) is 5. The molecule has 0 amide bonds. The van der Waals surface area contributed by atoms with Gasteiger partial charge in [0.25, 0.3) is 0 Å². The van der Waals surface area contributed by atoms with Crippen molar-refractivity contribution < 1.29 is 0 Å². The monoisotopic (exact) mass is 297 g/mol. The van der Waals surface area contributed by atoms with Crippen LogP contribution in [0.25, 0.3) is 5.65 Å². The minimum absolute atomic E-state index is 0.796. The van der Waals surface area contributed by atoms with E-state index in [2.05, 4.69) is 54.9 Å². The van der Waals surface area contributed by atoms with Crippen molar-refractivity contribution in [3.05, 3.63) is 42.7 Å². The van der Waals surface area contributed by atoms with Crippen molar-refractivity contribution >= 4 is 11.5 Å². The van der Waals surface area contributed by atoms with Crippen LogP contribution in [0.5, 0.6) is 0 Å². The number of aryl methyl sites for hydroxylation is 1. The Labute approximate surface area is 128 Å². The maximum absolute atomic E-state index is 4.29. The molecule has 0 unspecified atom stereocenters. The smallest absolute Gasteiger partial charge is 0.175 e. The van der Waals surface area contributed by atoms with Crippen molar-refractivity contribution in [1.82, 2.24) is 29.0 Å². The van der Waals surface area contributed by atoms with Crippen LogP contribution in [0, 0.1) is 0 Å². The molecule has 3 aromatic heterocycles. The first kappa shape index (κ1) is 13.3. The lowest BCUT2D eigenvalue weighted by Gasteiger charge is -2.35. The minimum Gasteiger partial charge on any atom is -0.357 e. The van der Waals surface area contributed by atoms with Crippen LogP contribution in [0.2, 0.25) is 0 Å². The van der Waals surface area contributed by atoms with Gasteiger partial charge in [-0.25, -0.2) is 4.98 Å². The summed E-state index contributed by atoms with van der Waals surface area (Å²) in [6.45, 7) is 5.06. The summed E-state index contributed by atoms with van der Waals surface area (Å²) in [6.07, 6.45) is 9.47. The molecule has 114 valence electrons. The first-order chi connectivity index (χ1) is 10.8. The van der Waals surface area contributed by atoms with Gasteiger partial charge in [0.05, 0.1) is 12.4 Å². The first-order valence-corrected chi connectivity index (χ1v) is 7.51. The second-order valence-electron chi connectivity index (χ2n) is 5.74. The van der Waals surface area contributed by atoms with Crippen molar-refractivity contribution in [2.45, 2.75) is 6.54 Å². The van der Waals surface area contributed by atoms with E-state index < -0.39 is 0 Å². The van der Waals surface area contributed by atoms with Gasteiger partial charge >= 0.3 is 0 Å². The summed E-state index contributed by atoms with van der Waals surface area (Å²) in [5.41, 5.74) is 2.17. The third kappa shape index (κ3) is 2.43. The van der Waals surface area contributed by atoms with Crippen LogP contribution < -0.4 is 4.90 Å². The van der Waals surface area contributed by atoms with Gasteiger partial charge in [-0.05, 0) is 11.6 Å². The molecule has 0 radical (unpaired) electrons. The highest BCUT2D eigenvalue weighted by Gasteiger charge is 2.19. The van der Waals surface area contributed by atoms with E-state index >= 15 is 0 Å². The molecule has 0 aromatic carbocycles. The Morgan fingerprint density at radius 3 is 2.77 bits per heavy atom. The Hall–Kier alpha value is -2.41. The number of rotatable bonds is 3. The molecule has 1 saturated heterocycles. The van der Waals surface area contributed by atoms with Gasteiger partial charge in [-0.15, -0.1) is 0 Å². The molecule has 3 aromatic rings. The molecule has 0 N–H and O–H groups in total. The topological polar surface area (TPSA) is 54.5 Å². The molecule has 1 aliphatic rings. The number of hydrogen-bond donors (Lipinski definition) is 0. The highest BCUT2D eigenvalue weighted by Crippen LogP contribution is 2.16. The molecule has 0 bridgehead atoms. The lowest BCUT2D eigenvalue weighted by molar-refractivity contribution is 0.249. The SMILES string of the molecule is Cn1ccc(CN2CCN(c3cncc4ncnn34)CC2)c1. The number of fused-ring (bicyclic) bond motifs is 1. The predicted molar refractivity (Wildman–Crippen MR) is 83.7 cm³/mol. The van der Waals surface area contributed by atoms with Crippen molar-refractivity contribution in [3.63, 3.8) is 0 Å². The third-order valence-electron chi connectivity index (χ3n) is 4.17. The van der Waals surface area contributed by atoms with Gasteiger partial charge in [-0.3, -0.25) is 9.88 Å². The third-order valence-corrected chi connectivity index (χ3v) is 4.17. The summed E-state index contributed by atoms with van der Waals surface area (Å²) in [7, 11) is 2.06. The van der Waals surface area contributed by atoms with E-state index in [4.69, 9.17) is 0 Å². The molecule has 0 saturated carbocycles. The van der Waals surface area contributed by atoms with Gasteiger partial charge in [0.1, 0.15) is 6.33 Å². The number of aromatic nitrogens is 5. The van der Waals surface area contributed by atoms with Crippen LogP contribution in [-0.2, 0) is 13.6 Å². The molecular formula is C15H19N7. The molecule has 4 heterocycles. The zero-order valence-corrected chi connectivity index (χ0v) is 12.6. The Balaban J connectivity index is 1.44. The van der Waals surface area contributed by atoms with E-state index in [0.29, 0.717) is 0 Å². The van der Waals surface area contributed by atoms with Crippen molar-refractivity contribution in [2.75, 3.05) is 31.1 Å². The highest BCUT2D eigenvalue weighted by atomic mass is 15.4. The van der Waals surface area contributed by atoms with Gasteiger partial charge in [-0.2, -0.15) is 9.61 Å². The molecule has 1 aliphatic heterocycles. The summed E-state index contributed by atoms with van der Waals surface area (Å²) in [5, 5.41) is 4.29. The van der Waals surface area contributed by atoms with Crippen LogP contribution in [0.1, 0.15) is 5.56 Å². The molecule has 0 spiro atoms. The van der Waals surface area contributed by atoms with Crippen LogP contribution in [0.3, 0.4) is 0 Å². The van der Waals surface area contributed by atoms with Gasteiger partial charge < -0.3 is 9.47 Å². The molecule has 0 aliphatic carbocycles. The lowest BCUT2D eigenvalue weighted by Crippen LogP contribution is -2.46. The fraction of sp³-hybridized carbons (Fsp3) is 0.400. The van der Waals surface area contributed by atoms with Crippen LogP contribution in [-0.4, -0.2) is 55.2 Å². The van der Waals surface area contributed by atoms with E-state index in [9.17, 15) is 0 Å². The van der Waals surface area contributed by atoms with E-state index in [0.717, 1.165) is 44.2 Å². The Morgan fingerprint density at radius 2 is 2.00 bits per heavy atom. The minimum atomic E-state index is 0.796. The second kappa shape index (κ2) is 5.42. The lowest BCUT2D eigenvalue weighted by atomic mass is 10.2. The van der Waals surface area contributed by atoms with E-state index in [1.165, 1.54) is 5.56 Å². The number of anilines is 1. The largest absolute Gasteiger partial charge is 0.357 e. The molecule has 22 heavy (non-hydrogen) atoms. The highest BCUT2D eigenvalue weighted by molar-refractivity contribution is 5.46. The maximum Gasteiger partial charge on any atom is 0.175 e. The van der Waals surface area contributed by atoms with Gasteiger partial charge in [0.15, 0.2) is 11.5 Å². The molecule has 1 fully saturated rings. The van der Waals surface area contributed by atoms with Crippen LogP contribution in [0.4, 0.5) is 5.82 Å². The fourth-order valence-corrected chi connectivity index (χ4v) is 3.00. The predicted octanol–water partition coefficient (Wildman–Crippen LogP) is 0.785. The maximum atomic E-state index is 4.29. The van der Waals surface area contributed by atoms with Crippen molar-refractivity contribution in [3.8, 4) is 0 Å². The first-order valence-electron chi connectivity index (χ1n) is 7.51. The normalized spacial score (nSPS) is 16.5. The van der Waals surface area contributed by atoms with Crippen LogP contribution >= 0.6 is 0 Å². The average molecular weight is 297 g/mol. The summed E-state index contributed by atoms with van der Waals surface area (Å²) >= 11 is 0. The summed E-state index contributed by atoms with van der Waals surface area (Å²) in [4.78, 5) is 13.3. The average Bonchev–Trinajstić information content (AvgIpc) is 3.16. The van der Waals surface area contributed by atoms with Crippen LogP contribution in [0.15, 0.2) is 37.2 Å². The molecule has 7 nitrogen and oxygen atoms in total. The van der Waals surface area contributed by atoms with E-state index in [-0.39, 0.29) is 0 Å². The quantitative estimate of drug-likeness (QED) is 0.715. The number of piperazine rings is 1. The Morgan fingerprint density at radius 1 is 1.14 bits per heavy atom. The summed E-state index contributed by atoms with van der Waals surface area (Å²) < 4.78 is 3.96. The van der Waals surface area contributed by atoms with Crippen molar-refractivity contribution in [1.29, 1.82) is 0 Å². The zero-order chi connectivity index (χ0) is 14.9. The second-order valence-corrected chi connectivity index (χ2v) is 5.74. The Kier molecular flexibility index (Phi) is 3.27. The standard InChI is InChI=1S/C15H19N7/c1-19-3-2-13(10-19)11-20-4-6-21(7-5-20)15-9-16-8-14-17-12-18-22(14)15/h2-3,8-10,12H,4-7,11H2,1H3. The zero-order valence-electron chi connectivity index (χ0n) is 12.6. The van der Waals surface area contributed by atoms with Gasteiger partial charge in [-0.1, -0.05) is 0 Å². The Bertz CT molecular complexity index is 767. The summed E-state index contributed by atoms with van der Waals surface area (Å²) in [5.74, 6) is 1.02.